The van der Waals surface area contributed by atoms with Crippen molar-refractivity contribution in [1.29, 1.82) is 0 Å². The molecule has 0 fully saturated rings. The number of nitrogens with zero attached hydrogens (tertiary/aromatic N) is 1. The van der Waals surface area contributed by atoms with Crippen LogP contribution in [0.15, 0.2) is 42.6 Å². The summed E-state index contributed by atoms with van der Waals surface area (Å²) in [5.74, 6) is 0. The first-order valence-corrected chi connectivity index (χ1v) is 6.52. The molecule has 1 aromatic carbocycles. The fraction of sp³-hybridized carbons (Fsp3) is 0.267. The quantitative estimate of drug-likeness (QED) is 0.732. The minimum Gasteiger partial charge on any atom is -0.261 e. The summed E-state index contributed by atoms with van der Waals surface area (Å²) in [5, 5.41) is -0.396. The van der Waals surface area contributed by atoms with Crippen molar-refractivity contribution in [3.63, 3.8) is 0 Å². The predicted octanol–water partition coefficient (Wildman–Crippen LogP) is 4.93. The predicted molar refractivity (Wildman–Crippen MR) is 72.7 cm³/mol. The third-order valence-corrected chi connectivity index (χ3v) is 3.37. The average molecular weight is 300 g/mol. The maximum absolute atomic E-state index is 12.5. The first-order chi connectivity index (χ1) is 9.36. The molecular weight excluding hydrogens is 287 g/mol. The Hall–Kier alpha value is -1.55. The molecule has 1 heterocycles. The maximum Gasteiger partial charge on any atom is 0.416 e. The van der Waals surface area contributed by atoms with Crippen molar-refractivity contribution in [2.24, 2.45) is 0 Å². The normalized spacial score (nSPS) is 13.2. The van der Waals surface area contributed by atoms with E-state index in [0.29, 0.717) is 12.0 Å². The lowest BCUT2D eigenvalue weighted by Crippen LogP contribution is -2.05. The van der Waals surface area contributed by atoms with E-state index in [-0.39, 0.29) is 0 Å². The standard InChI is InChI=1S/C15H13ClF3N/c1-10-2-7-13(20-9-10)8-14(16)11-3-5-12(6-4-11)15(17,18)19/h2-7,9,14H,8H2,1H3. The number of rotatable bonds is 3. The highest BCUT2D eigenvalue weighted by molar-refractivity contribution is 6.20. The number of benzene rings is 1. The van der Waals surface area contributed by atoms with Crippen LogP contribution in [0, 0.1) is 6.92 Å². The molecule has 20 heavy (non-hydrogen) atoms. The SMILES string of the molecule is Cc1ccc(CC(Cl)c2ccc(C(F)(F)F)cc2)nc1. The lowest BCUT2D eigenvalue weighted by molar-refractivity contribution is -0.137. The van der Waals surface area contributed by atoms with Crippen LogP contribution in [-0.2, 0) is 12.6 Å². The Morgan fingerprint density at radius 2 is 1.75 bits per heavy atom. The summed E-state index contributed by atoms with van der Waals surface area (Å²) in [6, 6.07) is 8.72. The molecule has 2 rings (SSSR count). The molecule has 0 radical (unpaired) electrons. The number of aryl methyl sites for hydroxylation is 1. The van der Waals surface area contributed by atoms with E-state index in [2.05, 4.69) is 4.98 Å². The summed E-state index contributed by atoms with van der Waals surface area (Å²) in [7, 11) is 0. The largest absolute Gasteiger partial charge is 0.416 e. The minimum atomic E-state index is -4.32. The van der Waals surface area contributed by atoms with Crippen LogP contribution in [0.3, 0.4) is 0 Å². The van der Waals surface area contributed by atoms with E-state index < -0.39 is 17.1 Å². The fourth-order valence-corrected chi connectivity index (χ4v) is 2.11. The Morgan fingerprint density at radius 3 is 2.25 bits per heavy atom. The van der Waals surface area contributed by atoms with Crippen molar-refractivity contribution in [2.45, 2.75) is 24.9 Å². The molecular formula is C15H13ClF3N. The Labute approximate surface area is 120 Å². The number of alkyl halides is 4. The van der Waals surface area contributed by atoms with Gasteiger partial charge < -0.3 is 0 Å². The second kappa shape index (κ2) is 5.83. The highest BCUT2D eigenvalue weighted by atomic mass is 35.5. The Kier molecular flexibility index (Phi) is 4.33. The molecule has 0 saturated carbocycles. The number of halogens is 4. The van der Waals surface area contributed by atoms with Crippen molar-refractivity contribution in [2.75, 3.05) is 0 Å². The molecule has 1 atom stereocenters. The van der Waals surface area contributed by atoms with Gasteiger partial charge in [0.25, 0.3) is 0 Å². The van der Waals surface area contributed by atoms with Crippen molar-refractivity contribution < 1.29 is 13.2 Å². The van der Waals surface area contributed by atoms with Crippen molar-refractivity contribution in [1.82, 2.24) is 4.98 Å². The molecule has 0 spiro atoms. The second-order valence-corrected chi connectivity index (χ2v) is 5.15. The van der Waals surface area contributed by atoms with Crippen molar-refractivity contribution >= 4 is 11.6 Å². The highest BCUT2D eigenvalue weighted by Gasteiger charge is 2.30. The third kappa shape index (κ3) is 3.73. The van der Waals surface area contributed by atoms with Crippen molar-refractivity contribution in [3.8, 4) is 0 Å². The monoisotopic (exact) mass is 299 g/mol. The summed E-state index contributed by atoms with van der Waals surface area (Å²) in [4.78, 5) is 4.24. The minimum absolute atomic E-state index is 0.396. The van der Waals surface area contributed by atoms with Gasteiger partial charge in [-0.25, -0.2) is 0 Å². The highest BCUT2D eigenvalue weighted by Crippen LogP contribution is 2.31. The van der Waals surface area contributed by atoms with Gasteiger partial charge in [0.2, 0.25) is 0 Å². The first kappa shape index (κ1) is 14.9. The van der Waals surface area contributed by atoms with Gasteiger partial charge in [0, 0.05) is 18.3 Å². The summed E-state index contributed by atoms with van der Waals surface area (Å²) in [6.45, 7) is 1.94. The Morgan fingerprint density at radius 1 is 1.10 bits per heavy atom. The average Bonchev–Trinajstić information content (AvgIpc) is 2.40. The smallest absolute Gasteiger partial charge is 0.261 e. The summed E-state index contributed by atoms with van der Waals surface area (Å²) in [5.41, 5.74) is 1.85. The van der Waals surface area contributed by atoms with Crippen molar-refractivity contribution in [3.05, 3.63) is 65.0 Å². The lowest BCUT2D eigenvalue weighted by atomic mass is 10.0. The van der Waals surface area contributed by atoms with Crippen LogP contribution >= 0.6 is 11.6 Å². The molecule has 1 nitrogen and oxygen atoms in total. The zero-order valence-electron chi connectivity index (χ0n) is 10.8. The first-order valence-electron chi connectivity index (χ1n) is 6.09. The molecule has 0 saturated heterocycles. The van der Waals surface area contributed by atoms with E-state index in [0.717, 1.165) is 23.4 Å². The molecule has 0 N–H and O–H groups in total. The summed E-state index contributed by atoms with van der Waals surface area (Å²) in [6.07, 6.45) is -2.10. The number of hydrogen-bond acceptors (Lipinski definition) is 1. The molecule has 0 aliphatic rings. The topological polar surface area (TPSA) is 12.9 Å². The fourth-order valence-electron chi connectivity index (χ4n) is 1.80. The van der Waals surface area contributed by atoms with Gasteiger partial charge in [0.05, 0.1) is 10.9 Å². The van der Waals surface area contributed by atoms with E-state index in [1.54, 1.807) is 6.20 Å². The van der Waals surface area contributed by atoms with E-state index in [1.807, 2.05) is 19.1 Å². The van der Waals surface area contributed by atoms with Gasteiger partial charge >= 0.3 is 6.18 Å². The Bertz CT molecular complexity index is 561. The third-order valence-electron chi connectivity index (χ3n) is 2.96. The van der Waals surface area contributed by atoms with Crippen LogP contribution < -0.4 is 0 Å². The molecule has 0 amide bonds. The van der Waals surface area contributed by atoms with Gasteiger partial charge in [-0.3, -0.25) is 4.98 Å². The van der Waals surface area contributed by atoms with E-state index >= 15 is 0 Å². The van der Waals surface area contributed by atoms with Crippen LogP contribution in [0.5, 0.6) is 0 Å². The zero-order valence-corrected chi connectivity index (χ0v) is 11.5. The molecule has 106 valence electrons. The van der Waals surface area contributed by atoms with Gasteiger partial charge in [-0.1, -0.05) is 18.2 Å². The molecule has 0 aliphatic carbocycles. The molecule has 2 aromatic rings. The van der Waals surface area contributed by atoms with E-state index in [9.17, 15) is 13.2 Å². The molecule has 5 heteroatoms. The zero-order chi connectivity index (χ0) is 14.8. The number of hydrogen-bond donors (Lipinski definition) is 0. The molecule has 0 aliphatic heterocycles. The Balaban J connectivity index is 2.09. The van der Waals surface area contributed by atoms with E-state index in [4.69, 9.17) is 11.6 Å². The van der Waals surface area contributed by atoms with E-state index in [1.165, 1.54) is 12.1 Å². The summed E-state index contributed by atoms with van der Waals surface area (Å²) < 4.78 is 37.4. The van der Waals surface area contributed by atoms with Gasteiger partial charge in [-0.15, -0.1) is 11.6 Å². The lowest BCUT2D eigenvalue weighted by Gasteiger charge is -2.11. The van der Waals surface area contributed by atoms with Gasteiger partial charge in [-0.2, -0.15) is 13.2 Å². The summed E-state index contributed by atoms with van der Waals surface area (Å²) >= 11 is 6.23. The van der Waals surface area contributed by atoms with Crippen LogP contribution in [-0.4, -0.2) is 4.98 Å². The molecule has 1 aromatic heterocycles. The van der Waals surface area contributed by atoms with Crippen LogP contribution in [0.2, 0.25) is 0 Å². The number of aromatic nitrogens is 1. The van der Waals surface area contributed by atoms with Crippen LogP contribution in [0.25, 0.3) is 0 Å². The molecule has 0 bridgehead atoms. The molecule has 1 unspecified atom stereocenters. The number of pyridine rings is 1. The van der Waals surface area contributed by atoms with Gasteiger partial charge in [0.15, 0.2) is 0 Å². The second-order valence-electron chi connectivity index (χ2n) is 4.62. The maximum atomic E-state index is 12.5. The van der Waals surface area contributed by atoms with Gasteiger partial charge in [-0.05, 0) is 36.2 Å². The van der Waals surface area contributed by atoms with Gasteiger partial charge in [0.1, 0.15) is 0 Å². The van der Waals surface area contributed by atoms with Crippen LogP contribution in [0.4, 0.5) is 13.2 Å². The van der Waals surface area contributed by atoms with Crippen LogP contribution in [0.1, 0.15) is 27.8 Å².